The van der Waals surface area contributed by atoms with Crippen molar-refractivity contribution < 1.29 is 9.90 Å². The zero-order chi connectivity index (χ0) is 14.0. The van der Waals surface area contributed by atoms with Gasteiger partial charge in [0, 0.05) is 10.2 Å². The molecule has 0 heterocycles. The van der Waals surface area contributed by atoms with Gasteiger partial charge in [0.25, 0.3) is 5.91 Å². The van der Waals surface area contributed by atoms with E-state index < -0.39 is 0 Å². The van der Waals surface area contributed by atoms with Gasteiger partial charge in [-0.3, -0.25) is 4.79 Å². The second-order valence-electron chi connectivity index (χ2n) is 4.16. The number of halogens is 1. The van der Waals surface area contributed by atoms with Gasteiger partial charge in [-0.05, 0) is 36.8 Å². The smallest absolute Gasteiger partial charge is 0.257 e. The summed E-state index contributed by atoms with van der Waals surface area (Å²) in [5, 5.41) is 12.5. The Hall–Kier alpha value is -2.01. The standard InChI is InChI=1S/C14H13BrN2O2/c1-8-3-2-4-12(13(8)18)17-14(19)10-6-5-9(15)7-11(10)16/h2-7,18H,16H2,1H3,(H,17,19). The number of rotatable bonds is 2. The zero-order valence-corrected chi connectivity index (χ0v) is 11.9. The van der Waals surface area contributed by atoms with Gasteiger partial charge in [-0.2, -0.15) is 0 Å². The zero-order valence-electron chi connectivity index (χ0n) is 10.3. The number of anilines is 2. The summed E-state index contributed by atoms with van der Waals surface area (Å²) >= 11 is 3.28. The first-order chi connectivity index (χ1) is 8.99. The van der Waals surface area contributed by atoms with Gasteiger partial charge in [0.15, 0.2) is 0 Å². The van der Waals surface area contributed by atoms with Crippen molar-refractivity contribution in [3.63, 3.8) is 0 Å². The SMILES string of the molecule is Cc1cccc(NC(=O)c2ccc(Br)cc2N)c1O. The Morgan fingerprint density at radius 3 is 2.74 bits per heavy atom. The van der Waals surface area contributed by atoms with Crippen molar-refractivity contribution in [2.24, 2.45) is 0 Å². The Labute approximate surface area is 119 Å². The van der Waals surface area contributed by atoms with Crippen LogP contribution in [0.1, 0.15) is 15.9 Å². The number of carbonyl (C=O) groups excluding carboxylic acids is 1. The lowest BCUT2D eigenvalue weighted by molar-refractivity contribution is 0.102. The van der Waals surface area contributed by atoms with Crippen LogP contribution in [0.3, 0.4) is 0 Å². The topological polar surface area (TPSA) is 75.4 Å². The van der Waals surface area contributed by atoms with Crippen LogP contribution in [0.25, 0.3) is 0 Å². The molecule has 0 aliphatic carbocycles. The lowest BCUT2D eigenvalue weighted by Crippen LogP contribution is -2.14. The van der Waals surface area contributed by atoms with E-state index in [1.807, 2.05) is 0 Å². The number of carbonyl (C=O) groups is 1. The highest BCUT2D eigenvalue weighted by atomic mass is 79.9. The molecule has 4 nitrogen and oxygen atoms in total. The second-order valence-corrected chi connectivity index (χ2v) is 5.07. The summed E-state index contributed by atoms with van der Waals surface area (Å²) in [6.45, 7) is 1.76. The minimum Gasteiger partial charge on any atom is -0.505 e. The van der Waals surface area contributed by atoms with Crippen LogP contribution >= 0.6 is 15.9 Å². The van der Waals surface area contributed by atoms with E-state index in [1.165, 1.54) is 0 Å². The fourth-order valence-electron chi connectivity index (χ4n) is 1.69. The van der Waals surface area contributed by atoms with Gasteiger partial charge in [-0.25, -0.2) is 0 Å². The second kappa shape index (κ2) is 5.32. The number of nitrogens with one attached hydrogen (secondary N) is 1. The molecule has 19 heavy (non-hydrogen) atoms. The Morgan fingerprint density at radius 2 is 2.05 bits per heavy atom. The quantitative estimate of drug-likeness (QED) is 0.587. The molecule has 0 fully saturated rings. The van der Waals surface area contributed by atoms with Crippen molar-refractivity contribution in [3.8, 4) is 5.75 Å². The van der Waals surface area contributed by atoms with Crippen LogP contribution in [-0.2, 0) is 0 Å². The number of aromatic hydroxyl groups is 1. The van der Waals surface area contributed by atoms with Crippen LogP contribution < -0.4 is 11.1 Å². The third kappa shape index (κ3) is 2.88. The Balaban J connectivity index is 2.28. The van der Waals surface area contributed by atoms with E-state index in [1.54, 1.807) is 43.3 Å². The third-order valence-corrected chi connectivity index (χ3v) is 3.24. The molecule has 5 heteroatoms. The number of phenolic OH excluding ortho intramolecular Hbond substituents is 1. The molecule has 0 radical (unpaired) electrons. The summed E-state index contributed by atoms with van der Waals surface area (Å²) in [6, 6.07) is 10.2. The Morgan fingerprint density at radius 1 is 1.32 bits per heavy atom. The molecule has 0 unspecified atom stereocenters. The maximum absolute atomic E-state index is 12.1. The number of phenols is 1. The molecule has 0 bridgehead atoms. The Kier molecular flexibility index (Phi) is 3.76. The van der Waals surface area contributed by atoms with Gasteiger partial charge in [0.2, 0.25) is 0 Å². The summed E-state index contributed by atoms with van der Waals surface area (Å²) in [6.07, 6.45) is 0. The number of nitrogen functional groups attached to an aromatic ring is 1. The van der Waals surface area contributed by atoms with Gasteiger partial charge in [-0.1, -0.05) is 28.1 Å². The maximum atomic E-state index is 12.1. The van der Waals surface area contributed by atoms with E-state index in [2.05, 4.69) is 21.2 Å². The lowest BCUT2D eigenvalue weighted by atomic mass is 10.1. The van der Waals surface area contributed by atoms with Crippen molar-refractivity contribution in [2.45, 2.75) is 6.92 Å². The highest BCUT2D eigenvalue weighted by Crippen LogP contribution is 2.27. The van der Waals surface area contributed by atoms with Gasteiger partial charge in [0.1, 0.15) is 5.75 Å². The predicted molar refractivity (Wildman–Crippen MR) is 79.4 cm³/mol. The van der Waals surface area contributed by atoms with Gasteiger partial charge >= 0.3 is 0 Å². The molecular formula is C14H13BrN2O2. The lowest BCUT2D eigenvalue weighted by Gasteiger charge is -2.10. The fourth-order valence-corrected chi connectivity index (χ4v) is 2.07. The molecule has 2 rings (SSSR count). The number of nitrogens with two attached hydrogens (primary N) is 1. The summed E-state index contributed by atoms with van der Waals surface area (Å²) in [5.74, 6) is -0.294. The highest BCUT2D eigenvalue weighted by molar-refractivity contribution is 9.10. The van der Waals surface area contributed by atoms with E-state index in [0.717, 1.165) is 4.47 Å². The molecule has 0 spiro atoms. The third-order valence-electron chi connectivity index (χ3n) is 2.74. The molecular weight excluding hydrogens is 308 g/mol. The molecule has 2 aromatic rings. The summed E-state index contributed by atoms with van der Waals surface area (Å²) in [7, 11) is 0. The fraction of sp³-hybridized carbons (Fsp3) is 0.0714. The molecule has 1 amide bonds. The van der Waals surface area contributed by atoms with Crippen LogP contribution in [0.2, 0.25) is 0 Å². The number of aryl methyl sites for hydroxylation is 1. The number of hydrogen-bond donors (Lipinski definition) is 3. The monoisotopic (exact) mass is 320 g/mol. The summed E-state index contributed by atoms with van der Waals surface area (Å²) < 4.78 is 0.806. The van der Waals surface area contributed by atoms with E-state index in [-0.39, 0.29) is 11.7 Å². The van der Waals surface area contributed by atoms with Crippen LogP contribution in [0.4, 0.5) is 11.4 Å². The minimum absolute atomic E-state index is 0.0616. The molecule has 2 aromatic carbocycles. The Bertz CT molecular complexity index is 641. The van der Waals surface area contributed by atoms with Crippen LogP contribution in [0.5, 0.6) is 5.75 Å². The van der Waals surface area contributed by atoms with Crippen LogP contribution in [0.15, 0.2) is 40.9 Å². The first-order valence-corrected chi connectivity index (χ1v) is 6.43. The molecule has 0 aliphatic rings. The van der Waals surface area contributed by atoms with Crippen molar-refractivity contribution in [1.29, 1.82) is 0 Å². The van der Waals surface area contributed by atoms with E-state index in [9.17, 15) is 9.90 Å². The first-order valence-electron chi connectivity index (χ1n) is 5.64. The van der Waals surface area contributed by atoms with Crippen LogP contribution in [-0.4, -0.2) is 11.0 Å². The van der Waals surface area contributed by atoms with Gasteiger partial charge in [-0.15, -0.1) is 0 Å². The number of para-hydroxylation sites is 1. The number of hydrogen-bond acceptors (Lipinski definition) is 3. The predicted octanol–water partition coefficient (Wildman–Crippen LogP) is 3.30. The first kappa shape index (κ1) is 13.4. The van der Waals surface area contributed by atoms with E-state index in [4.69, 9.17) is 5.73 Å². The minimum atomic E-state index is -0.356. The number of benzene rings is 2. The molecule has 0 aromatic heterocycles. The van der Waals surface area contributed by atoms with E-state index >= 15 is 0 Å². The van der Waals surface area contributed by atoms with Crippen molar-refractivity contribution >= 4 is 33.2 Å². The normalized spacial score (nSPS) is 10.2. The maximum Gasteiger partial charge on any atom is 0.257 e. The van der Waals surface area contributed by atoms with Gasteiger partial charge < -0.3 is 16.2 Å². The highest BCUT2D eigenvalue weighted by Gasteiger charge is 2.12. The van der Waals surface area contributed by atoms with E-state index in [0.29, 0.717) is 22.5 Å². The largest absolute Gasteiger partial charge is 0.505 e. The molecule has 4 N–H and O–H groups in total. The average Bonchev–Trinajstić information content (AvgIpc) is 2.34. The van der Waals surface area contributed by atoms with Crippen molar-refractivity contribution in [2.75, 3.05) is 11.1 Å². The molecule has 0 saturated heterocycles. The molecule has 0 saturated carbocycles. The number of amides is 1. The molecule has 98 valence electrons. The molecule has 0 atom stereocenters. The van der Waals surface area contributed by atoms with Crippen molar-refractivity contribution in [3.05, 3.63) is 52.0 Å². The van der Waals surface area contributed by atoms with Crippen molar-refractivity contribution in [1.82, 2.24) is 0 Å². The summed E-state index contributed by atoms with van der Waals surface area (Å²) in [4.78, 5) is 12.1. The van der Waals surface area contributed by atoms with Crippen LogP contribution in [0, 0.1) is 6.92 Å². The molecule has 0 aliphatic heterocycles. The average molecular weight is 321 g/mol. The van der Waals surface area contributed by atoms with Gasteiger partial charge in [0.05, 0.1) is 11.3 Å². The summed E-state index contributed by atoms with van der Waals surface area (Å²) in [5.41, 5.74) is 7.59.